The molecule has 26 heavy (non-hydrogen) atoms. The molecule has 0 saturated carbocycles. The molecule has 132 valence electrons. The summed E-state index contributed by atoms with van der Waals surface area (Å²) in [7, 11) is 0. The van der Waals surface area contributed by atoms with Crippen molar-refractivity contribution in [3.05, 3.63) is 65.5 Å². The maximum absolute atomic E-state index is 12.2. The number of carbonyl (C=O) groups excluding carboxylic acids is 2. The second-order valence-corrected chi connectivity index (χ2v) is 5.70. The van der Waals surface area contributed by atoms with Crippen molar-refractivity contribution in [1.29, 1.82) is 0 Å². The number of nitrogens with zero attached hydrogens (tertiary/aromatic N) is 4. The summed E-state index contributed by atoms with van der Waals surface area (Å²) in [6.45, 7) is 3.43. The fraction of sp³-hybridized carbons (Fsp3) is 0.167. The molecular formula is C18H17N5O3. The number of amides is 1. The molecule has 3 aromatic rings. The monoisotopic (exact) mass is 351 g/mol. The van der Waals surface area contributed by atoms with Crippen molar-refractivity contribution in [3.8, 4) is 5.69 Å². The number of hydrogen-bond donors (Lipinski definition) is 1. The number of rotatable bonds is 5. The van der Waals surface area contributed by atoms with Crippen LogP contribution in [0.5, 0.6) is 0 Å². The van der Waals surface area contributed by atoms with E-state index in [4.69, 9.17) is 4.74 Å². The van der Waals surface area contributed by atoms with Gasteiger partial charge in [0.1, 0.15) is 6.33 Å². The first-order chi connectivity index (χ1) is 12.5. The Morgan fingerprint density at radius 2 is 1.85 bits per heavy atom. The van der Waals surface area contributed by atoms with Crippen LogP contribution in [-0.2, 0) is 9.53 Å². The highest BCUT2D eigenvalue weighted by Gasteiger charge is 2.13. The van der Waals surface area contributed by atoms with Gasteiger partial charge in [-0.05, 0) is 53.6 Å². The van der Waals surface area contributed by atoms with E-state index in [1.165, 1.54) is 11.0 Å². The molecule has 0 aliphatic heterocycles. The molecular weight excluding hydrogens is 334 g/mol. The van der Waals surface area contributed by atoms with Gasteiger partial charge < -0.3 is 10.1 Å². The van der Waals surface area contributed by atoms with E-state index < -0.39 is 11.9 Å². The van der Waals surface area contributed by atoms with Crippen LogP contribution in [0.15, 0.2) is 48.8 Å². The van der Waals surface area contributed by atoms with Crippen LogP contribution in [0, 0.1) is 13.8 Å². The molecule has 0 fully saturated rings. The van der Waals surface area contributed by atoms with Crippen molar-refractivity contribution in [3.63, 3.8) is 0 Å². The Labute approximate surface area is 149 Å². The normalized spacial score (nSPS) is 10.4. The SMILES string of the molecule is Cc1cccc(C)c1NC(=O)COC(=O)c1cccc(-n2cnnn2)c1. The number of esters is 1. The highest BCUT2D eigenvalue weighted by atomic mass is 16.5. The fourth-order valence-electron chi connectivity index (χ4n) is 2.46. The summed E-state index contributed by atoms with van der Waals surface area (Å²) in [6, 6.07) is 12.3. The first kappa shape index (κ1) is 17.3. The summed E-state index contributed by atoms with van der Waals surface area (Å²) in [4.78, 5) is 24.3. The van der Waals surface area contributed by atoms with Crippen molar-refractivity contribution >= 4 is 17.6 Å². The lowest BCUT2D eigenvalue weighted by molar-refractivity contribution is -0.119. The Morgan fingerprint density at radius 3 is 2.54 bits per heavy atom. The average molecular weight is 351 g/mol. The van der Waals surface area contributed by atoms with E-state index in [0.717, 1.165) is 16.8 Å². The second-order valence-electron chi connectivity index (χ2n) is 5.70. The minimum atomic E-state index is -0.600. The van der Waals surface area contributed by atoms with E-state index in [1.54, 1.807) is 24.3 Å². The van der Waals surface area contributed by atoms with Gasteiger partial charge in [0.25, 0.3) is 5.91 Å². The quantitative estimate of drug-likeness (QED) is 0.707. The molecule has 8 nitrogen and oxygen atoms in total. The molecule has 1 heterocycles. The second kappa shape index (κ2) is 7.56. The fourth-order valence-corrected chi connectivity index (χ4v) is 2.46. The lowest BCUT2D eigenvalue weighted by Crippen LogP contribution is -2.22. The molecule has 0 unspecified atom stereocenters. The Kier molecular flexibility index (Phi) is 5.02. The van der Waals surface area contributed by atoms with Gasteiger partial charge in [-0.1, -0.05) is 24.3 Å². The van der Waals surface area contributed by atoms with Crippen LogP contribution in [-0.4, -0.2) is 38.7 Å². The lowest BCUT2D eigenvalue weighted by Gasteiger charge is -2.11. The molecule has 0 aliphatic rings. The van der Waals surface area contributed by atoms with Gasteiger partial charge in [-0.2, -0.15) is 0 Å². The largest absolute Gasteiger partial charge is 0.452 e. The predicted molar refractivity (Wildman–Crippen MR) is 94.0 cm³/mol. The Balaban J connectivity index is 1.62. The highest BCUT2D eigenvalue weighted by molar-refractivity contribution is 5.96. The van der Waals surface area contributed by atoms with Gasteiger partial charge in [-0.15, -0.1) is 5.10 Å². The minimum absolute atomic E-state index is 0.304. The standard InChI is InChI=1S/C18H17N5O3/c1-12-5-3-6-13(2)17(12)20-16(24)10-26-18(25)14-7-4-8-15(9-14)23-11-19-21-22-23/h3-9,11H,10H2,1-2H3,(H,20,24). The van der Waals surface area contributed by atoms with Crippen molar-refractivity contribution in [2.45, 2.75) is 13.8 Å². The van der Waals surface area contributed by atoms with Crippen molar-refractivity contribution in [2.24, 2.45) is 0 Å². The van der Waals surface area contributed by atoms with Gasteiger partial charge in [0.15, 0.2) is 6.61 Å². The van der Waals surface area contributed by atoms with Crippen LogP contribution in [0.1, 0.15) is 21.5 Å². The van der Waals surface area contributed by atoms with E-state index in [9.17, 15) is 9.59 Å². The Bertz CT molecular complexity index is 918. The Morgan fingerprint density at radius 1 is 1.12 bits per heavy atom. The van der Waals surface area contributed by atoms with Gasteiger partial charge in [0, 0.05) is 5.69 Å². The zero-order valence-electron chi connectivity index (χ0n) is 14.3. The van der Waals surface area contributed by atoms with Crippen LogP contribution >= 0.6 is 0 Å². The topological polar surface area (TPSA) is 99.0 Å². The molecule has 0 spiro atoms. The number of aryl methyl sites for hydroxylation is 2. The smallest absolute Gasteiger partial charge is 0.338 e. The number of anilines is 1. The molecule has 0 bridgehead atoms. The molecule has 3 rings (SSSR count). The molecule has 8 heteroatoms. The highest BCUT2D eigenvalue weighted by Crippen LogP contribution is 2.19. The number of carbonyl (C=O) groups is 2. The minimum Gasteiger partial charge on any atom is -0.452 e. The average Bonchev–Trinajstić information content (AvgIpc) is 3.18. The summed E-state index contributed by atoms with van der Waals surface area (Å²) in [5, 5.41) is 13.6. The predicted octanol–water partition coefficient (Wildman–Crippen LogP) is 2.07. The van der Waals surface area contributed by atoms with Crippen molar-refractivity contribution < 1.29 is 14.3 Å². The Hall–Kier alpha value is -3.55. The molecule has 1 aromatic heterocycles. The van der Waals surface area contributed by atoms with E-state index in [-0.39, 0.29) is 6.61 Å². The molecule has 1 N–H and O–H groups in total. The molecule has 0 radical (unpaired) electrons. The molecule has 2 aromatic carbocycles. The lowest BCUT2D eigenvalue weighted by atomic mass is 10.1. The first-order valence-electron chi connectivity index (χ1n) is 7.91. The van der Waals surface area contributed by atoms with Crippen LogP contribution in [0.2, 0.25) is 0 Å². The van der Waals surface area contributed by atoms with Crippen LogP contribution in [0.3, 0.4) is 0 Å². The van der Waals surface area contributed by atoms with Crippen molar-refractivity contribution in [1.82, 2.24) is 20.2 Å². The molecule has 0 atom stereocenters. The zero-order chi connectivity index (χ0) is 18.5. The van der Waals surface area contributed by atoms with Gasteiger partial charge in [-0.3, -0.25) is 4.79 Å². The number of tetrazole rings is 1. The summed E-state index contributed by atoms with van der Waals surface area (Å²) in [6.07, 6.45) is 1.42. The number of para-hydroxylation sites is 1. The van der Waals surface area contributed by atoms with Crippen LogP contribution in [0.25, 0.3) is 5.69 Å². The van der Waals surface area contributed by atoms with Crippen LogP contribution in [0.4, 0.5) is 5.69 Å². The van der Waals surface area contributed by atoms with Crippen LogP contribution < -0.4 is 5.32 Å². The maximum atomic E-state index is 12.2. The van der Waals surface area contributed by atoms with E-state index >= 15 is 0 Å². The summed E-state index contributed by atoms with van der Waals surface area (Å²) >= 11 is 0. The van der Waals surface area contributed by atoms with E-state index in [2.05, 4.69) is 20.8 Å². The van der Waals surface area contributed by atoms with Gasteiger partial charge in [-0.25, -0.2) is 9.48 Å². The molecule has 0 saturated heterocycles. The third-order valence-corrected chi connectivity index (χ3v) is 3.78. The molecule has 0 aliphatic carbocycles. The van der Waals surface area contributed by atoms with E-state index in [0.29, 0.717) is 11.3 Å². The number of nitrogens with one attached hydrogen (secondary N) is 1. The number of aromatic nitrogens is 4. The van der Waals surface area contributed by atoms with E-state index in [1.807, 2.05) is 32.0 Å². The van der Waals surface area contributed by atoms with Gasteiger partial charge >= 0.3 is 5.97 Å². The summed E-state index contributed by atoms with van der Waals surface area (Å²) < 4.78 is 6.52. The summed E-state index contributed by atoms with van der Waals surface area (Å²) in [5.41, 5.74) is 3.54. The number of hydrogen-bond acceptors (Lipinski definition) is 6. The molecule has 1 amide bonds. The third-order valence-electron chi connectivity index (χ3n) is 3.78. The number of ether oxygens (including phenoxy) is 1. The summed E-state index contributed by atoms with van der Waals surface area (Å²) in [5.74, 6) is -0.996. The number of benzene rings is 2. The maximum Gasteiger partial charge on any atom is 0.338 e. The van der Waals surface area contributed by atoms with Crippen molar-refractivity contribution in [2.75, 3.05) is 11.9 Å². The third kappa shape index (κ3) is 3.92. The first-order valence-corrected chi connectivity index (χ1v) is 7.91. The van der Waals surface area contributed by atoms with Gasteiger partial charge in [0.05, 0.1) is 11.3 Å². The zero-order valence-corrected chi connectivity index (χ0v) is 14.3. The van der Waals surface area contributed by atoms with Gasteiger partial charge in [0.2, 0.25) is 0 Å².